The molecular formula is C10H10N2O3S. The summed E-state index contributed by atoms with van der Waals surface area (Å²) in [5.41, 5.74) is 0.503. The molecule has 2 rings (SSSR count). The third-order valence-electron chi connectivity index (χ3n) is 2.14. The van der Waals surface area contributed by atoms with Crippen LogP contribution in [0.2, 0.25) is 0 Å². The highest BCUT2D eigenvalue weighted by molar-refractivity contribution is 7.13. The lowest BCUT2D eigenvalue weighted by atomic mass is 10.3. The highest BCUT2D eigenvalue weighted by Gasteiger charge is 2.22. The lowest BCUT2D eigenvalue weighted by molar-refractivity contribution is 0.0640. The van der Waals surface area contributed by atoms with Crippen LogP contribution in [-0.2, 0) is 0 Å². The van der Waals surface area contributed by atoms with E-state index < -0.39 is 5.97 Å². The van der Waals surface area contributed by atoms with Gasteiger partial charge in [0.15, 0.2) is 11.5 Å². The minimum atomic E-state index is -1.05. The van der Waals surface area contributed by atoms with Crippen molar-refractivity contribution in [3.05, 3.63) is 28.9 Å². The number of carbonyl (C=O) groups is 1. The Balaban J connectivity index is 2.64. The van der Waals surface area contributed by atoms with Gasteiger partial charge < -0.3 is 9.94 Å². The molecule has 16 heavy (non-hydrogen) atoms. The smallest absolute Gasteiger partial charge is 0.357 e. The van der Waals surface area contributed by atoms with Crippen LogP contribution in [0.5, 0.6) is 0 Å². The van der Waals surface area contributed by atoms with Gasteiger partial charge in [-0.2, -0.15) is 4.73 Å². The van der Waals surface area contributed by atoms with Crippen LogP contribution >= 0.6 is 11.3 Å². The summed E-state index contributed by atoms with van der Waals surface area (Å²) in [5, 5.41) is 11.0. The van der Waals surface area contributed by atoms with Crippen LogP contribution in [0.1, 0.15) is 16.2 Å². The molecule has 0 bridgehead atoms. The van der Waals surface area contributed by atoms with Crippen LogP contribution in [0.4, 0.5) is 0 Å². The second kappa shape index (κ2) is 3.97. The molecule has 0 aliphatic heterocycles. The van der Waals surface area contributed by atoms with E-state index in [1.54, 1.807) is 6.92 Å². The number of rotatable bonds is 3. The van der Waals surface area contributed by atoms with Gasteiger partial charge >= 0.3 is 5.97 Å². The highest BCUT2D eigenvalue weighted by atomic mass is 32.1. The zero-order chi connectivity index (χ0) is 11.7. The van der Waals surface area contributed by atoms with Gasteiger partial charge in [0.05, 0.1) is 10.6 Å². The zero-order valence-electron chi connectivity index (χ0n) is 8.80. The Hall–Kier alpha value is -1.82. The Labute approximate surface area is 95.9 Å². The lowest BCUT2D eigenvalue weighted by Gasteiger charge is -2.05. The molecule has 0 spiro atoms. The van der Waals surface area contributed by atoms with Crippen molar-refractivity contribution in [1.82, 2.24) is 9.71 Å². The van der Waals surface area contributed by atoms with Crippen molar-refractivity contribution in [2.45, 2.75) is 6.92 Å². The van der Waals surface area contributed by atoms with Crippen LogP contribution < -0.4 is 4.84 Å². The van der Waals surface area contributed by atoms with Gasteiger partial charge in [-0.25, -0.2) is 9.78 Å². The third-order valence-corrected chi connectivity index (χ3v) is 3.00. The Bertz CT molecular complexity index is 516. The van der Waals surface area contributed by atoms with Crippen molar-refractivity contribution >= 4 is 17.3 Å². The van der Waals surface area contributed by atoms with E-state index in [4.69, 9.17) is 9.94 Å². The summed E-state index contributed by atoms with van der Waals surface area (Å²) in [7, 11) is 1.42. The molecule has 1 N–H and O–H groups in total. The first kappa shape index (κ1) is 10.7. The predicted molar refractivity (Wildman–Crippen MR) is 59.7 cm³/mol. The monoisotopic (exact) mass is 238 g/mol. The van der Waals surface area contributed by atoms with Crippen molar-refractivity contribution in [1.29, 1.82) is 0 Å². The van der Waals surface area contributed by atoms with E-state index in [-0.39, 0.29) is 5.69 Å². The van der Waals surface area contributed by atoms with E-state index in [0.717, 1.165) is 4.88 Å². The second-order valence-electron chi connectivity index (χ2n) is 3.13. The molecule has 0 saturated carbocycles. The normalized spacial score (nSPS) is 10.4. The molecule has 0 saturated heterocycles. The Kier molecular flexibility index (Phi) is 2.66. The Morgan fingerprint density at radius 1 is 1.62 bits per heavy atom. The fourth-order valence-corrected chi connectivity index (χ4v) is 2.19. The van der Waals surface area contributed by atoms with Crippen LogP contribution in [0.3, 0.4) is 0 Å². The topological polar surface area (TPSA) is 64.4 Å². The van der Waals surface area contributed by atoms with Crippen molar-refractivity contribution in [3.63, 3.8) is 0 Å². The number of hydrogen-bond donors (Lipinski definition) is 1. The Morgan fingerprint density at radius 3 is 2.88 bits per heavy atom. The number of thiophene rings is 1. The molecule has 84 valence electrons. The van der Waals surface area contributed by atoms with Gasteiger partial charge in [0, 0.05) is 0 Å². The third kappa shape index (κ3) is 1.57. The average molecular weight is 238 g/mol. The molecule has 0 aliphatic carbocycles. The maximum atomic E-state index is 11.0. The fraction of sp³-hybridized carbons (Fsp3) is 0.200. The van der Waals surface area contributed by atoms with E-state index in [1.807, 2.05) is 17.5 Å². The molecule has 0 aliphatic rings. The number of imidazole rings is 1. The molecule has 2 aromatic rings. The molecule has 0 atom stereocenters. The second-order valence-corrected chi connectivity index (χ2v) is 4.08. The van der Waals surface area contributed by atoms with Gasteiger partial charge in [-0.05, 0) is 18.4 Å². The van der Waals surface area contributed by atoms with Crippen LogP contribution in [-0.4, -0.2) is 27.9 Å². The van der Waals surface area contributed by atoms with Gasteiger partial charge in [0.1, 0.15) is 7.11 Å². The highest BCUT2D eigenvalue weighted by Crippen LogP contribution is 2.25. The molecule has 0 amide bonds. The molecule has 5 nitrogen and oxygen atoms in total. The minimum absolute atomic E-state index is 0.0610. The van der Waals surface area contributed by atoms with E-state index in [0.29, 0.717) is 11.5 Å². The van der Waals surface area contributed by atoms with Gasteiger partial charge in [-0.1, -0.05) is 6.07 Å². The van der Waals surface area contributed by atoms with Gasteiger partial charge in [-0.3, -0.25) is 0 Å². The molecule has 6 heteroatoms. The maximum absolute atomic E-state index is 11.0. The first-order valence-corrected chi connectivity index (χ1v) is 5.44. The zero-order valence-corrected chi connectivity index (χ0v) is 9.61. The van der Waals surface area contributed by atoms with Gasteiger partial charge in [0.25, 0.3) is 0 Å². The number of carboxylic acid groups (broad SMARTS) is 1. The summed E-state index contributed by atoms with van der Waals surface area (Å²) in [6.45, 7) is 1.65. The number of hydrogen-bond acceptors (Lipinski definition) is 4. The van der Waals surface area contributed by atoms with E-state index in [9.17, 15) is 4.79 Å². The largest absolute Gasteiger partial charge is 0.476 e. The van der Waals surface area contributed by atoms with Crippen molar-refractivity contribution in [3.8, 4) is 10.7 Å². The van der Waals surface area contributed by atoms with Crippen molar-refractivity contribution in [2.75, 3.05) is 7.11 Å². The van der Waals surface area contributed by atoms with Crippen molar-refractivity contribution < 1.29 is 14.7 Å². The number of aromatic carboxylic acids is 1. The molecule has 0 radical (unpaired) electrons. The molecule has 0 unspecified atom stereocenters. The maximum Gasteiger partial charge on any atom is 0.357 e. The van der Waals surface area contributed by atoms with E-state index >= 15 is 0 Å². The first-order valence-electron chi connectivity index (χ1n) is 4.56. The molecule has 2 aromatic heterocycles. The van der Waals surface area contributed by atoms with Gasteiger partial charge in [0.2, 0.25) is 0 Å². The van der Waals surface area contributed by atoms with E-state index in [1.165, 1.54) is 23.2 Å². The number of nitrogens with zero attached hydrogens (tertiary/aromatic N) is 2. The molecule has 2 heterocycles. The minimum Gasteiger partial charge on any atom is -0.476 e. The number of aryl methyl sites for hydroxylation is 1. The average Bonchev–Trinajstić information content (AvgIpc) is 2.82. The predicted octanol–water partition coefficient (Wildman–Crippen LogP) is 1.68. The van der Waals surface area contributed by atoms with Crippen molar-refractivity contribution in [2.24, 2.45) is 0 Å². The first-order chi connectivity index (χ1) is 7.65. The summed E-state index contributed by atoms with van der Waals surface area (Å²) < 4.78 is 1.24. The quantitative estimate of drug-likeness (QED) is 0.883. The molecule has 0 fully saturated rings. The SMILES string of the molecule is COn1c(-c2cccs2)nc(C)c1C(=O)O. The molecule has 0 aromatic carbocycles. The fourth-order valence-electron chi connectivity index (χ4n) is 1.49. The van der Waals surface area contributed by atoms with E-state index in [2.05, 4.69) is 4.98 Å². The summed E-state index contributed by atoms with van der Waals surface area (Å²) in [6, 6.07) is 3.75. The summed E-state index contributed by atoms with van der Waals surface area (Å²) in [4.78, 5) is 21.2. The van der Waals surface area contributed by atoms with Crippen LogP contribution in [0, 0.1) is 6.92 Å². The lowest BCUT2D eigenvalue weighted by Crippen LogP contribution is -2.15. The Morgan fingerprint density at radius 2 is 2.38 bits per heavy atom. The standard InChI is InChI=1S/C10H10N2O3S/c1-6-8(10(13)14)12(15-2)9(11-6)7-4-3-5-16-7/h3-5H,1-2H3,(H,13,14). The van der Waals surface area contributed by atoms with Crippen LogP contribution in [0.25, 0.3) is 10.7 Å². The summed E-state index contributed by atoms with van der Waals surface area (Å²) in [6.07, 6.45) is 0. The number of aromatic nitrogens is 2. The summed E-state index contributed by atoms with van der Waals surface area (Å²) in [5.74, 6) is -0.526. The number of carboxylic acids is 1. The van der Waals surface area contributed by atoms with Gasteiger partial charge in [-0.15, -0.1) is 11.3 Å². The van der Waals surface area contributed by atoms with Crippen LogP contribution in [0.15, 0.2) is 17.5 Å². The molecular weight excluding hydrogens is 228 g/mol. The summed E-state index contributed by atoms with van der Waals surface area (Å²) >= 11 is 1.48.